The van der Waals surface area contributed by atoms with Crippen LogP contribution in [0.5, 0.6) is 0 Å². The van der Waals surface area contributed by atoms with Gasteiger partial charge in [-0.05, 0) is 50.6 Å². The molecule has 0 aliphatic carbocycles. The number of hydrogen-bond donors (Lipinski definition) is 1. The summed E-state index contributed by atoms with van der Waals surface area (Å²) in [5.74, 6) is -0.371. The topological polar surface area (TPSA) is 38.3 Å². The Morgan fingerprint density at radius 1 is 1.19 bits per heavy atom. The Kier molecular flexibility index (Phi) is 4.16. The summed E-state index contributed by atoms with van der Waals surface area (Å²) in [5.41, 5.74) is -0.0172. The van der Waals surface area contributed by atoms with Crippen LogP contribution in [0.25, 0.3) is 10.8 Å². The monoisotopic (exact) mass is 289 g/mol. The first kappa shape index (κ1) is 15.3. The van der Waals surface area contributed by atoms with Crippen LogP contribution in [0.2, 0.25) is 0 Å². The van der Waals surface area contributed by atoms with Gasteiger partial charge in [0.05, 0.1) is 0 Å². The number of carbonyl (C=O) groups is 1. The van der Waals surface area contributed by atoms with Gasteiger partial charge in [-0.1, -0.05) is 24.3 Å². The number of ether oxygens (including phenoxy) is 1. The highest BCUT2D eigenvalue weighted by molar-refractivity contribution is 5.83. The SMILES string of the molecule is C[C@H](OC(=O)NC(C)(C)C)c1cc2ccccc2cc1F. The fraction of sp³-hybridized carbons (Fsp3) is 0.353. The van der Waals surface area contributed by atoms with Crippen LogP contribution in [0.3, 0.4) is 0 Å². The van der Waals surface area contributed by atoms with Gasteiger partial charge in [0.1, 0.15) is 11.9 Å². The predicted molar refractivity (Wildman–Crippen MR) is 81.7 cm³/mol. The molecular weight excluding hydrogens is 269 g/mol. The van der Waals surface area contributed by atoms with E-state index in [1.54, 1.807) is 13.0 Å². The van der Waals surface area contributed by atoms with Crippen LogP contribution in [-0.2, 0) is 4.74 Å². The number of fused-ring (bicyclic) bond motifs is 1. The molecule has 2 aromatic rings. The second-order valence-electron chi connectivity index (χ2n) is 6.14. The smallest absolute Gasteiger partial charge is 0.408 e. The summed E-state index contributed by atoms with van der Waals surface area (Å²) in [7, 11) is 0. The van der Waals surface area contributed by atoms with Gasteiger partial charge in [-0.25, -0.2) is 9.18 Å². The molecule has 0 aliphatic heterocycles. The molecule has 0 unspecified atom stereocenters. The Bertz CT molecular complexity index is 661. The lowest BCUT2D eigenvalue weighted by Gasteiger charge is -2.22. The number of nitrogens with one attached hydrogen (secondary N) is 1. The lowest BCUT2D eigenvalue weighted by Crippen LogP contribution is -2.41. The largest absolute Gasteiger partial charge is 0.442 e. The van der Waals surface area contributed by atoms with Gasteiger partial charge in [0.2, 0.25) is 0 Å². The number of amides is 1. The maximum atomic E-state index is 14.1. The zero-order chi connectivity index (χ0) is 15.6. The molecule has 0 aromatic heterocycles. The van der Waals surface area contributed by atoms with E-state index in [-0.39, 0.29) is 5.82 Å². The highest BCUT2D eigenvalue weighted by atomic mass is 19.1. The van der Waals surface area contributed by atoms with E-state index in [1.165, 1.54) is 6.07 Å². The van der Waals surface area contributed by atoms with E-state index in [2.05, 4.69) is 5.32 Å². The van der Waals surface area contributed by atoms with Crippen molar-refractivity contribution in [3.8, 4) is 0 Å². The molecule has 1 amide bonds. The van der Waals surface area contributed by atoms with Gasteiger partial charge in [0.25, 0.3) is 0 Å². The van der Waals surface area contributed by atoms with Gasteiger partial charge in [0.15, 0.2) is 0 Å². The van der Waals surface area contributed by atoms with Gasteiger partial charge >= 0.3 is 6.09 Å². The minimum Gasteiger partial charge on any atom is -0.442 e. The normalized spacial score (nSPS) is 13.0. The Hall–Kier alpha value is -2.10. The Morgan fingerprint density at radius 2 is 1.76 bits per heavy atom. The number of halogens is 1. The molecule has 0 bridgehead atoms. The lowest BCUT2D eigenvalue weighted by molar-refractivity contribution is 0.0984. The molecule has 0 aliphatic rings. The molecular formula is C17H20FNO2. The molecule has 2 rings (SSSR count). The molecule has 0 spiro atoms. The van der Waals surface area contributed by atoms with Crippen molar-refractivity contribution >= 4 is 16.9 Å². The highest BCUT2D eigenvalue weighted by Crippen LogP contribution is 2.26. The first-order valence-corrected chi connectivity index (χ1v) is 6.93. The van der Waals surface area contributed by atoms with Gasteiger partial charge in [-0.3, -0.25) is 0 Å². The molecule has 0 saturated carbocycles. The summed E-state index contributed by atoms with van der Waals surface area (Å²) in [5, 5.41) is 4.43. The van der Waals surface area contributed by atoms with Crippen molar-refractivity contribution in [2.24, 2.45) is 0 Å². The number of hydrogen-bond acceptors (Lipinski definition) is 2. The summed E-state index contributed by atoms with van der Waals surface area (Å²) < 4.78 is 19.4. The first-order chi connectivity index (χ1) is 9.76. The summed E-state index contributed by atoms with van der Waals surface area (Å²) in [6.07, 6.45) is -1.21. The Labute approximate surface area is 124 Å². The molecule has 21 heavy (non-hydrogen) atoms. The van der Waals surface area contributed by atoms with E-state index in [9.17, 15) is 9.18 Å². The van der Waals surface area contributed by atoms with Crippen molar-refractivity contribution < 1.29 is 13.9 Å². The zero-order valence-corrected chi connectivity index (χ0v) is 12.7. The van der Waals surface area contributed by atoms with Crippen molar-refractivity contribution in [1.29, 1.82) is 0 Å². The predicted octanol–water partition coefficient (Wildman–Crippen LogP) is 4.56. The molecule has 4 heteroatoms. The quantitative estimate of drug-likeness (QED) is 0.879. The van der Waals surface area contributed by atoms with E-state index in [0.717, 1.165) is 10.8 Å². The molecule has 0 saturated heterocycles. The number of alkyl carbamates (subject to hydrolysis) is 1. The Morgan fingerprint density at radius 3 is 2.33 bits per heavy atom. The number of rotatable bonds is 2. The van der Waals surface area contributed by atoms with Gasteiger partial charge in [-0.2, -0.15) is 0 Å². The van der Waals surface area contributed by atoms with Crippen LogP contribution in [0.4, 0.5) is 9.18 Å². The average molecular weight is 289 g/mol. The second kappa shape index (κ2) is 5.72. The number of benzene rings is 2. The third-order valence-electron chi connectivity index (χ3n) is 3.06. The Balaban J connectivity index is 2.21. The summed E-state index contributed by atoms with van der Waals surface area (Å²) in [6.45, 7) is 7.23. The van der Waals surface area contributed by atoms with E-state index in [0.29, 0.717) is 5.56 Å². The molecule has 112 valence electrons. The highest BCUT2D eigenvalue weighted by Gasteiger charge is 2.20. The van der Waals surface area contributed by atoms with Crippen LogP contribution >= 0.6 is 0 Å². The van der Waals surface area contributed by atoms with Gasteiger partial charge in [0, 0.05) is 11.1 Å². The molecule has 0 radical (unpaired) electrons. The molecule has 1 atom stereocenters. The van der Waals surface area contributed by atoms with Crippen molar-refractivity contribution in [2.75, 3.05) is 0 Å². The van der Waals surface area contributed by atoms with Crippen LogP contribution in [0.15, 0.2) is 36.4 Å². The summed E-state index contributed by atoms with van der Waals surface area (Å²) in [6, 6.07) is 10.7. The molecule has 2 aromatic carbocycles. The molecule has 1 N–H and O–H groups in total. The van der Waals surface area contributed by atoms with E-state index in [1.807, 2.05) is 45.0 Å². The van der Waals surface area contributed by atoms with Crippen molar-refractivity contribution in [1.82, 2.24) is 5.32 Å². The molecule has 0 fully saturated rings. The van der Waals surface area contributed by atoms with Crippen LogP contribution in [0, 0.1) is 5.82 Å². The second-order valence-corrected chi connectivity index (χ2v) is 6.14. The van der Waals surface area contributed by atoms with Crippen molar-refractivity contribution in [3.05, 3.63) is 47.8 Å². The van der Waals surface area contributed by atoms with E-state index >= 15 is 0 Å². The first-order valence-electron chi connectivity index (χ1n) is 6.93. The zero-order valence-electron chi connectivity index (χ0n) is 12.7. The average Bonchev–Trinajstić information content (AvgIpc) is 2.35. The maximum Gasteiger partial charge on any atom is 0.408 e. The van der Waals surface area contributed by atoms with Crippen molar-refractivity contribution in [3.63, 3.8) is 0 Å². The minimum absolute atomic E-state index is 0.371. The van der Waals surface area contributed by atoms with E-state index in [4.69, 9.17) is 4.74 Å². The fourth-order valence-electron chi connectivity index (χ4n) is 2.10. The van der Waals surface area contributed by atoms with Crippen molar-refractivity contribution in [2.45, 2.75) is 39.3 Å². The minimum atomic E-state index is -0.656. The molecule has 3 nitrogen and oxygen atoms in total. The third kappa shape index (κ3) is 3.94. The summed E-state index contributed by atoms with van der Waals surface area (Å²) >= 11 is 0. The lowest BCUT2D eigenvalue weighted by atomic mass is 10.0. The summed E-state index contributed by atoms with van der Waals surface area (Å²) in [4.78, 5) is 11.8. The van der Waals surface area contributed by atoms with E-state index < -0.39 is 17.7 Å². The van der Waals surface area contributed by atoms with Gasteiger partial charge in [-0.15, -0.1) is 0 Å². The number of carbonyl (C=O) groups excluding carboxylic acids is 1. The van der Waals surface area contributed by atoms with Gasteiger partial charge < -0.3 is 10.1 Å². The maximum absolute atomic E-state index is 14.1. The van der Waals surface area contributed by atoms with Crippen LogP contribution in [0.1, 0.15) is 39.4 Å². The fourth-order valence-corrected chi connectivity index (χ4v) is 2.10. The molecule has 0 heterocycles. The van der Waals surface area contributed by atoms with Crippen LogP contribution < -0.4 is 5.32 Å². The standard InChI is InChI=1S/C17H20FNO2/c1-11(21-16(20)19-17(2,3)4)14-9-12-7-5-6-8-13(12)10-15(14)18/h5-11H,1-4H3,(H,19,20)/t11-/m0/s1. The third-order valence-corrected chi connectivity index (χ3v) is 3.06. The van der Waals surface area contributed by atoms with Crippen LogP contribution in [-0.4, -0.2) is 11.6 Å².